The third kappa shape index (κ3) is 3.15. The number of para-hydroxylation sites is 2. The van der Waals surface area contributed by atoms with E-state index in [0.717, 1.165) is 22.2 Å². The molecule has 1 aromatic heterocycles. The van der Waals surface area contributed by atoms with Gasteiger partial charge < -0.3 is 9.88 Å². The first-order valence-electron chi connectivity index (χ1n) is 7.74. The van der Waals surface area contributed by atoms with Crippen molar-refractivity contribution in [3.8, 4) is 6.07 Å². The van der Waals surface area contributed by atoms with Gasteiger partial charge in [-0.05, 0) is 31.2 Å². The highest BCUT2D eigenvalue weighted by atomic mass is 35.5. The van der Waals surface area contributed by atoms with Gasteiger partial charge in [-0.15, -0.1) is 0 Å². The third-order valence-corrected chi connectivity index (χ3v) is 4.55. The highest BCUT2D eigenvalue weighted by Crippen LogP contribution is 2.27. The first-order valence-corrected chi connectivity index (χ1v) is 8.12. The molecule has 0 fully saturated rings. The second kappa shape index (κ2) is 6.84. The van der Waals surface area contributed by atoms with Crippen LogP contribution in [0.25, 0.3) is 17.0 Å². The van der Waals surface area contributed by atoms with E-state index >= 15 is 0 Å². The molecule has 0 unspecified atom stereocenters. The summed E-state index contributed by atoms with van der Waals surface area (Å²) in [5.74, 6) is -0.483. The number of hydrogen-bond donors (Lipinski definition) is 1. The molecule has 0 radical (unpaired) electrons. The molecule has 0 saturated carbocycles. The van der Waals surface area contributed by atoms with Crippen LogP contribution in [0.3, 0.4) is 0 Å². The minimum atomic E-state index is -0.483. The van der Waals surface area contributed by atoms with Gasteiger partial charge in [0.25, 0.3) is 5.91 Å². The van der Waals surface area contributed by atoms with Crippen LogP contribution in [0, 0.1) is 18.3 Å². The van der Waals surface area contributed by atoms with E-state index in [2.05, 4.69) is 5.32 Å². The van der Waals surface area contributed by atoms with E-state index in [0.29, 0.717) is 10.7 Å². The van der Waals surface area contributed by atoms with Crippen molar-refractivity contribution in [1.29, 1.82) is 5.26 Å². The van der Waals surface area contributed by atoms with E-state index in [1.165, 1.54) is 0 Å². The molecule has 0 aliphatic rings. The predicted molar refractivity (Wildman–Crippen MR) is 101 cm³/mol. The number of nitriles is 1. The van der Waals surface area contributed by atoms with Crippen molar-refractivity contribution in [2.45, 2.75) is 6.92 Å². The van der Waals surface area contributed by atoms with Crippen LogP contribution in [0.2, 0.25) is 5.02 Å². The van der Waals surface area contributed by atoms with Crippen LogP contribution >= 0.6 is 11.6 Å². The van der Waals surface area contributed by atoms with Crippen molar-refractivity contribution in [2.24, 2.45) is 7.05 Å². The van der Waals surface area contributed by atoms with Gasteiger partial charge in [0.2, 0.25) is 0 Å². The van der Waals surface area contributed by atoms with Crippen molar-refractivity contribution < 1.29 is 4.79 Å². The highest BCUT2D eigenvalue weighted by molar-refractivity contribution is 6.34. The average molecular weight is 350 g/mol. The molecular weight excluding hydrogens is 334 g/mol. The number of rotatable bonds is 3. The minimum Gasteiger partial charge on any atom is -0.347 e. The molecular formula is C20H16ClN3O. The van der Waals surface area contributed by atoms with Crippen LogP contribution < -0.4 is 5.32 Å². The van der Waals surface area contributed by atoms with Gasteiger partial charge in [0, 0.05) is 29.2 Å². The van der Waals surface area contributed by atoms with Gasteiger partial charge in [-0.2, -0.15) is 5.26 Å². The molecule has 0 spiro atoms. The summed E-state index contributed by atoms with van der Waals surface area (Å²) in [6.07, 6.45) is 1.63. The number of amides is 1. The number of benzene rings is 2. The molecule has 4 nitrogen and oxygen atoms in total. The van der Waals surface area contributed by atoms with E-state index in [9.17, 15) is 10.1 Å². The first-order chi connectivity index (χ1) is 12.0. The molecule has 1 amide bonds. The Hall–Kier alpha value is -3.03. The van der Waals surface area contributed by atoms with E-state index in [4.69, 9.17) is 11.6 Å². The lowest BCUT2D eigenvalue weighted by atomic mass is 10.1. The molecule has 0 aliphatic carbocycles. The average Bonchev–Trinajstić information content (AvgIpc) is 2.86. The Morgan fingerprint density at radius 1 is 1.20 bits per heavy atom. The number of halogens is 1. The van der Waals surface area contributed by atoms with Gasteiger partial charge in [-0.3, -0.25) is 4.79 Å². The summed E-state index contributed by atoms with van der Waals surface area (Å²) in [5, 5.41) is 13.6. The summed E-state index contributed by atoms with van der Waals surface area (Å²) >= 11 is 6.06. The smallest absolute Gasteiger partial charge is 0.266 e. The molecule has 0 bridgehead atoms. The van der Waals surface area contributed by atoms with Crippen LogP contribution in [0.5, 0.6) is 0 Å². The number of hydrogen-bond acceptors (Lipinski definition) is 2. The molecule has 1 N–H and O–H groups in total. The zero-order chi connectivity index (χ0) is 18.0. The van der Waals surface area contributed by atoms with Crippen molar-refractivity contribution in [3.05, 3.63) is 70.4 Å². The molecule has 1 heterocycles. The molecule has 2 aromatic carbocycles. The number of nitrogens with zero attached hydrogens (tertiary/aromatic N) is 2. The number of nitrogens with one attached hydrogen (secondary N) is 1. The lowest BCUT2D eigenvalue weighted by Gasteiger charge is -2.06. The second-order valence-electron chi connectivity index (χ2n) is 5.68. The van der Waals surface area contributed by atoms with E-state index < -0.39 is 5.91 Å². The zero-order valence-electron chi connectivity index (χ0n) is 13.9. The van der Waals surface area contributed by atoms with Gasteiger partial charge >= 0.3 is 0 Å². The van der Waals surface area contributed by atoms with Crippen molar-refractivity contribution in [3.63, 3.8) is 0 Å². The molecule has 124 valence electrons. The van der Waals surface area contributed by atoms with Crippen molar-refractivity contribution in [1.82, 2.24) is 4.57 Å². The van der Waals surface area contributed by atoms with Gasteiger partial charge in [0.15, 0.2) is 0 Å². The van der Waals surface area contributed by atoms with E-state index in [-0.39, 0.29) is 5.57 Å². The summed E-state index contributed by atoms with van der Waals surface area (Å²) < 4.78 is 2.04. The van der Waals surface area contributed by atoms with Crippen LogP contribution in [-0.2, 0) is 11.8 Å². The topological polar surface area (TPSA) is 57.8 Å². The minimum absolute atomic E-state index is 0.0272. The van der Waals surface area contributed by atoms with Crippen LogP contribution in [0.15, 0.2) is 54.1 Å². The quantitative estimate of drug-likeness (QED) is 0.551. The Labute approximate surface area is 150 Å². The van der Waals surface area contributed by atoms with Gasteiger partial charge in [-0.1, -0.05) is 41.9 Å². The fourth-order valence-electron chi connectivity index (χ4n) is 2.78. The molecule has 0 saturated heterocycles. The molecule has 3 rings (SSSR count). The van der Waals surface area contributed by atoms with E-state index in [1.54, 1.807) is 30.3 Å². The maximum atomic E-state index is 12.5. The number of aromatic nitrogens is 1. The maximum absolute atomic E-state index is 12.5. The van der Waals surface area contributed by atoms with Gasteiger partial charge in [0.05, 0.1) is 10.7 Å². The second-order valence-corrected chi connectivity index (χ2v) is 6.09. The fraction of sp³-hybridized carbons (Fsp3) is 0.100. The zero-order valence-corrected chi connectivity index (χ0v) is 14.6. The summed E-state index contributed by atoms with van der Waals surface area (Å²) in [7, 11) is 1.96. The van der Waals surface area contributed by atoms with Crippen LogP contribution in [0.1, 0.15) is 11.3 Å². The van der Waals surface area contributed by atoms with Gasteiger partial charge in [-0.25, -0.2) is 0 Å². The Bertz CT molecular complexity index is 1040. The molecule has 25 heavy (non-hydrogen) atoms. The van der Waals surface area contributed by atoms with Gasteiger partial charge in [0.1, 0.15) is 11.6 Å². The Kier molecular flexibility index (Phi) is 4.60. The predicted octanol–water partition coefficient (Wildman–Crippen LogP) is 4.69. The maximum Gasteiger partial charge on any atom is 0.266 e. The number of carbonyl (C=O) groups is 1. The summed E-state index contributed by atoms with van der Waals surface area (Å²) in [5.41, 5.74) is 3.41. The standard InChI is InChI=1S/C20H16ClN3O/c1-13-16(15-7-3-6-10-19(15)24(13)2)11-14(12-22)20(25)23-18-9-5-4-8-17(18)21/h3-11H,1-2H3,(H,23,25)/b14-11+. The summed E-state index contributed by atoms with van der Waals surface area (Å²) in [6, 6.07) is 16.8. The Morgan fingerprint density at radius 3 is 2.60 bits per heavy atom. The van der Waals surface area contributed by atoms with Crippen LogP contribution in [-0.4, -0.2) is 10.5 Å². The SMILES string of the molecule is Cc1c(/C=C(\C#N)C(=O)Nc2ccccc2Cl)c2ccccc2n1C. The lowest BCUT2D eigenvalue weighted by Crippen LogP contribution is -2.13. The molecule has 0 aliphatic heterocycles. The third-order valence-electron chi connectivity index (χ3n) is 4.22. The Balaban J connectivity index is 2.02. The molecule has 5 heteroatoms. The summed E-state index contributed by atoms with van der Waals surface area (Å²) in [6.45, 7) is 1.97. The lowest BCUT2D eigenvalue weighted by molar-refractivity contribution is -0.112. The number of fused-ring (bicyclic) bond motifs is 1. The number of carbonyl (C=O) groups excluding carboxylic acids is 1. The van der Waals surface area contributed by atoms with Crippen molar-refractivity contribution in [2.75, 3.05) is 5.32 Å². The first kappa shape index (κ1) is 16.8. The fourth-order valence-corrected chi connectivity index (χ4v) is 2.96. The highest BCUT2D eigenvalue weighted by Gasteiger charge is 2.15. The number of aryl methyl sites for hydroxylation is 1. The largest absolute Gasteiger partial charge is 0.347 e. The van der Waals surface area contributed by atoms with E-state index in [1.807, 2.05) is 48.9 Å². The molecule has 3 aromatic rings. The van der Waals surface area contributed by atoms with Crippen molar-refractivity contribution >= 4 is 40.2 Å². The normalized spacial score (nSPS) is 11.4. The molecule has 0 atom stereocenters. The summed E-state index contributed by atoms with van der Waals surface area (Å²) in [4.78, 5) is 12.5. The van der Waals surface area contributed by atoms with Crippen LogP contribution in [0.4, 0.5) is 5.69 Å². The Morgan fingerprint density at radius 2 is 1.88 bits per heavy atom. The number of anilines is 1. The monoisotopic (exact) mass is 349 g/mol.